The first-order chi connectivity index (χ1) is 8.20. The quantitative estimate of drug-likeness (QED) is 0.897. The van der Waals surface area contributed by atoms with Gasteiger partial charge in [-0.3, -0.25) is 4.79 Å². The minimum atomic E-state index is 0.0939. The van der Waals surface area contributed by atoms with Gasteiger partial charge in [-0.15, -0.1) is 11.8 Å². The summed E-state index contributed by atoms with van der Waals surface area (Å²) >= 11 is 1.73. The van der Waals surface area contributed by atoms with Crippen LogP contribution in [0.5, 0.6) is 5.75 Å². The minimum Gasteiger partial charge on any atom is -0.495 e. The summed E-state index contributed by atoms with van der Waals surface area (Å²) in [5.74, 6) is 1.90. The van der Waals surface area contributed by atoms with E-state index in [1.165, 1.54) is 0 Å². The number of thioether (sulfide) groups is 1. The molecule has 1 heterocycles. The lowest BCUT2D eigenvalue weighted by Gasteiger charge is -2.13. The van der Waals surface area contributed by atoms with Crippen molar-refractivity contribution in [1.29, 1.82) is 0 Å². The van der Waals surface area contributed by atoms with E-state index in [-0.39, 0.29) is 11.2 Å². The third-order valence-electron chi connectivity index (χ3n) is 2.83. The van der Waals surface area contributed by atoms with Gasteiger partial charge in [0.25, 0.3) is 0 Å². The molecule has 1 atom stereocenters. The molecule has 1 fully saturated rings. The van der Waals surface area contributed by atoms with Crippen LogP contribution in [0.3, 0.4) is 0 Å². The van der Waals surface area contributed by atoms with E-state index in [1.807, 2.05) is 25.1 Å². The molecule has 3 nitrogen and oxygen atoms in total. The van der Waals surface area contributed by atoms with Gasteiger partial charge in [-0.25, -0.2) is 0 Å². The van der Waals surface area contributed by atoms with Crippen molar-refractivity contribution >= 4 is 23.4 Å². The van der Waals surface area contributed by atoms with Crippen molar-refractivity contribution in [3.63, 3.8) is 0 Å². The molecule has 17 heavy (non-hydrogen) atoms. The number of nitrogens with one attached hydrogen (secondary N) is 1. The van der Waals surface area contributed by atoms with Gasteiger partial charge in [0, 0.05) is 0 Å². The zero-order valence-electron chi connectivity index (χ0n) is 10.2. The largest absolute Gasteiger partial charge is 0.495 e. The number of rotatable bonds is 3. The summed E-state index contributed by atoms with van der Waals surface area (Å²) in [6.45, 7) is 2.00. The molecule has 0 spiro atoms. The molecule has 1 aromatic rings. The van der Waals surface area contributed by atoms with Crippen LogP contribution in [-0.2, 0) is 4.79 Å². The average Bonchev–Trinajstić information content (AvgIpc) is 2.83. The molecule has 0 aliphatic carbocycles. The van der Waals surface area contributed by atoms with E-state index >= 15 is 0 Å². The monoisotopic (exact) mass is 251 g/mol. The number of methoxy groups -OCH3 is 1. The van der Waals surface area contributed by atoms with Gasteiger partial charge in [0.2, 0.25) is 5.91 Å². The van der Waals surface area contributed by atoms with Crippen LogP contribution in [0.15, 0.2) is 18.2 Å². The summed E-state index contributed by atoms with van der Waals surface area (Å²) in [6.07, 6.45) is 2.11. The first-order valence-corrected chi connectivity index (χ1v) is 6.82. The Morgan fingerprint density at radius 1 is 1.53 bits per heavy atom. The third-order valence-corrected chi connectivity index (χ3v) is 4.21. The fourth-order valence-electron chi connectivity index (χ4n) is 1.92. The summed E-state index contributed by atoms with van der Waals surface area (Å²) < 4.78 is 5.24. The Bertz CT molecular complexity index is 414. The Labute approximate surface area is 106 Å². The first-order valence-electron chi connectivity index (χ1n) is 5.78. The van der Waals surface area contributed by atoms with Crippen LogP contribution in [0.25, 0.3) is 0 Å². The zero-order chi connectivity index (χ0) is 12.3. The molecule has 1 aromatic carbocycles. The fraction of sp³-hybridized carbons (Fsp3) is 0.462. The summed E-state index contributed by atoms with van der Waals surface area (Å²) in [6, 6.07) is 5.79. The van der Waals surface area contributed by atoms with Crippen LogP contribution in [0.4, 0.5) is 5.69 Å². The Balaban J connectivity index is 2.11. The SMILES string of the molecule is COc1ccc(C)cc1NC(=O)C1CCCS1. The van der Waals surface area contributed by atoms with Gasteiger partial charge in [0.1, 0.15) is 5.75 Å². The topological polar surface area (TPSA) is 38.3 Å². The predicted octanol–water partition coefficient (Wildman–Crippen LogP) is 2.84. The van der Waals surface area contributed by atoms with Crippen molar-refractivity contribution in [2.24, 2.45) is 0 Å². The molecule has 92 valence electrons. The number of benzene rings is 1. The maximum absolute atomic E-state index is 12.0. The molecule has 1 N–H and O–H groups in total. The van der Waals surface area contributed by atoms with Crippen LogP contribution < -0.4 is 10.1 Å². The Hall–Kier alpha value is -1.16. The zero-order valence-corrected chi connectivity index (χ0v) is 11.0. The molecular weight excluding hydrogens is 234 g/mol. The normalized spacial score (nSPS) is 19.1. The molecule has 1 aliphatic heterocycles. The van der Waals surface area contributed by atoms with E-state index < -0.39 is 0 Å². The van der Waals surface area contributed by atoms with Gasteiger partial charge >= 0.3 is 0 Å². The lowest BCUT2D eigenvalue weighted by atomic mass is 10.2. The van der Waals surface area contributed by atoms with Gasteiger partial charge in [-0.1, -0.05) is 6.07 Å². The highest BCUT2D eigenvalue weighted by Gasteiger charge is 2.23. The average molecular weight is 251 g/mol. The smallest absolute Gasteiger partial charge is 0.237 e. The van der Waals surface area contributed by atoms with E-state index in [4.69, 9.17) is 4.74 Å². The molecular formula is C13H17NO2S. The lowest BCUT2D eigenvalue weighted by molar-refractivity contribution is -0.115. The van der Waals surface area contributed by atoms with Crippen molar-refractivity contribution in [1.82, 2.24) is 0 Å². The molecule has 1 saturated heterocycles. The number of carbonyl (C=O) groups is 1. The fourth-order valence-corrected chi connectivity index (χ4v) is 3.08. The number of anilines is 1. The summed E-state index contributed by atoms with van der Waals surface area (Å²) in [7, 11) is 1.62. The van der Waals surface area contributed by atoms with Gasteiger partial charge in [0.05, 0.1) is 18.0 Å². The van der Waals surface area contributed by atoms with Crippen LogP contribution >= 0.6 is 11.8 Å². The van der Waals surface area contributed by atoms with Crippen LogP contribution in [0, 0.1) is 6.92 Å². The van der Waals surface area contributed by atoms with Crippen molar-refractivity contribution in [3.8, 4) is 5.75 Å². The highest BCUT2D eigenvalue weighted by molar-refractivity contribution is 8.00. The summed E-state index contributed by atoms with van der Waals surface area (Å²) in [5, 5.41) is 3.06. The van der Waals surface area contributed by atoms with E-state index in [0.29, 0.717) is 5.75 Å². The number of hydrogen-bond donors (Lipinski definition) is 1. The summed E-state index contributed by atoms with van der Waals surface area (Å²) in [4.78, 5) is 12.0. The van der Waals surface area contributed by atoms with Crippen LogP contribution in [0.2, 0.25) is 0 Å². The Kier molecular flexibility index (Phi) is 3.94. The van der Waals surface area contributed by atoms with Gasteiger partial charge in [0.15, 0.2) is 0 Å². The minimum absolute atomic E-state index is 0.0939. The first kappa shape index (κ1) is 12.3. The van der Waals surface area contributed by atoms with Gasteiger partial charge in [-0.2, -0.15) is 0 Å². The second kappa shape index (κ2) is 5.45. The van der Waals surface area contributed by atoms with Gasteiger partial charge in [-0.05, 0) is 43.2 Å². The molecule has 0 radical (unpaired) electrons. The predicted molar refractivity (Wildman–Crippen MR) is 71.8 cm³/mol. The van der Waals surface area contributed by atoms with Crippen molar-refractivity contribution in [2.75, 3.05) is 18.2 Å². The number of ether oxygens (including phenoxy) is 1. The van der Waals surface area contributed by atoms with Crippen LogP contribution in [0.1, 0.15) is 18.4 Å². The number of hydrogen-bond acceptors (Lipinski definition) is 3. The molecule has 1 amide bonds. The molecule has 2 rings (SSSR count). The van der Waals surface area contributed by atoms with E-state index in [9.17, 15) is 4.79 Å². The highest BCUT2D eigenvalue weighted by atomic mass is 32.2. The standard InChI is InChI=1S/C13H17NO2S/c1-9-5-6-11(16-2)10(8-9)14-13(15)12-4-3-7-17-12/h5-6,8,12H,3-4,7H2,1-2H3,(H,14,15). The number of amides is 1. The molecule has 1 unspecified atom stereocenters. The van der Waals surface area contributed by atoms with E-state index in [0.717, 1.165) is 29.8 Å². The molecule has 0 aromatic heterocycles. The van der Waals surface area contributed by atoms with Crippen LogP contribution in [-0.4, -0.2) is 24.0 Å². The van der Waals surface area contributed by atoms with Crippen molar-refractivity contribution in [2.45, 2.75) is 25.0 Å². The molecule has 4 heteroatoms. The molecule has 1 aliphatic rings. The molecule has 0 saturated carbocycles. The maximum Gasteiger partial charge on any atom is 0.237 e. The maximum atomic E-state index is 12.0. The number of carbonyl (C=O) groups excluding carboxylic acids is 1. The Morgan fingerprint density at radius 3 is 3.00 bits per heavy atom. The summed E-state index contributed by atoms with van der Waals surface area (Å²) in [5.41, 5.74) is 1.88. The molecule has 0 bridgehead atoms. The highest BCUT2D eigenvalue weighted by Crippen LogP contribution is 2.30. The lowest BCUT2D eigenvalue weighted by Crippen LogP contribution is -2.23. The second-order valence-corrected chi connectivity index (χ2v) is 5.51. The van der Waals surface area contributed by atoms with Crippen molar-refractivity contribution < 1.29 is 9.53 Å². The van der Waals surface area contributed by atoms with Gasteiger partial charge < -0.3 is 10.1 Å². The number of aryl methyl sites for hydroxylation is 1. The second-order valence-electron chi connectivity index (χ2n) is 4.19. The van der Waals surface area contributed by atoms with E-state index in [2.05, 4.69) is 5.32 Å². The van der Waals surface area contributed by atoms with Crippen molar-refractivity contribution in [3.05, 3.63) is 23.8 Å². The Morgan fingerprint density at radius 2 is 2.35 bits per heavy atom. The van der Waals surface area contributed by atoms with E-state index in [1.54, 1.807) is 18.9 Å². The third kappa shape index (κ3) is 2.94.